The summed E-state index contributed by atoms with van der Waals surface area (Å²) in [6.07, 6.45) is 0.757. The molecule has 21 heavy (non-hydrogen) atoms. The maximum atomic E-state index is 12.1. The van der Waals surface area contributed by atoms with Crippen LogP contribution in [0.2, 0.25) is 0 Å². The number of anilines is 1. The van der Waals surface area contributed by atoms with Crippen LogP contribution in [0.3, 0.4) is 0 Å². The number of rotatable bonds is 9. The van der Waals surface area contributed by atoms with E-state index in [0.717, 1.165) is 12.1 Å². The van der Waals surface area contributed by atoms with Crippen LogP contribution in [0.5, 0.6) is 0 Å². The molecule has 1 aromatic heterocycles. The van der Waals surface area contributed by atoms with Crippen LogP contribution >= 0.6 is 0 Å². The fourth-order valence-electron chi connectivity index (χ4n) is 1.72. The normalized spacial score (nSPS) is 10.9. The summed E-state index contributed by atoms with van der Waals surface area (Å²) in [5.74, 6) is 0.464. The minimum Gasteiger partial charge on any atom is -0.384 e. The molecule has 1 heterocycles. The van der Waals surface area contributed by atoms with E-state index >= 15 is 0 Å². The highest BCUT2D eigenvalue weighted by Crippen LogP contribution is 2.15. The van der Waals surface area contributed by atoms with Crippen LogP contribution in [0.1, 0.15) is 42.2 Å². The van der Waals surface area contributed by atoms with Gasteiger partial charge in [-0.05, 0) is 24.5 Å². The summed E-state index contributed by atoms with van der Waals surface area (Å²) >= 11 is 0. The average Bonchev–Trinajstić information content (AvgIpc) is 2.45. The summed E-state index contributed by atoms with van der Waals surface area (Å²) in [7, 11) is 1.63. The minimum absolute atomic E-state index is 0.136. The van der Waals surface area contributed by atoms with Gasteiger partial charge in [0.15, 0.2) is 0 Å². The number of ether oxygens (including phenoxy) is 2. The molecule has 6 nitrogen and oxygen atoms in total. The Bertz CT molecular complexity index is 450. The Kier molecular flexibility index (Phi) is 7.71. The number of carbonyl (C=O) groups is 1. The fraction of sp³-hybridized carbons (Fsp3) is 0.600. The van der Waals surface area contributed by atoms with Gasteiger partial charge in [-0.15, -0.1) is 0 Å². The number of nitrogens with zero attached hydrogens (tertiary/aromatic N) is 1. The van der Waals surface area contributed by atoms with Gasteiger partial charge in [-0.1, -0.05) is 13.8 Å². The summed E-state index contributed by atoms with van der Waals surface area (Å²) < 4.78 is 10.2. The molecule has 0 spiro atoms. The van der Waals surface area contributed by atoms with Crippen LogP contribution in [0.15, 0.2) is 12.1 Å². The Hall–Kier alpha value is -1.66. The van der Waals surface area contributed by atoms with Crippen LogP contribution in [0.25, 0.3) is 0 Å². The van der Waals surface area contributed by atoms with Gasteiger partial charge in [-0.25, -0.2) is 4.98 Å². The predicted octanol–water partition coefficient (Wildman–Crippen LogP) is 1.57. The number of nitrogens with one attached hydrogen (secondary N) is 1. The third-order valence-electron chi connectivity index (χ3n) is 2.90. The van der Waals surface area contributed by atoms with Gasteiger partial charge in [0, 0.05) is 31.5 Å². The smallest absolute Gasteiger partial charge is 0.251 e. The maximum absolute atomic E-state index is 12.1. The molecule has 0 atom stereocenters. The highest BCUT2D eigenvalue weighted by molar-refractivity contribution is 5.94. The molecule has 6 heteroatoms. The van der Waals surface area contributed by atoms with Crippen molar-refractivity contribution in [3.8, 4) is 0 Å². The molecule has 0 aliphatic rings. The molecule has 1 rings (SSSR count). The molecule has 0 radical (unpaired) electrons. The molecule has 0 saturated carbocycles. The molecule has 1 amide bonds. The first kappa shape index (κ1) is 17.4. The second kappa shape index (κ2) is 9.31. The molecule has 0 unspecified atom stereocenters. The first-order valence-electron chi connectivity index (χ1n) is 7.17. The van der Waals surface area contributed by atoms with Crippen molar-refractivity contribution >= 4 is 11.7 Å². The van der Waals surface area contributed by atoms with Gasteiger partial charge in [-0.3, -0.25) is 4.79 Å². The van der Waals surface area contributed by atoms with Crippen molar-refractivity contribution < 1.29 is 14.3 Å². The Balaban J connectivity index is 2.38. The van der Waals surface area contributed by atoms with Crippen LogP contribution in [0.4, 0.5) is 5.82 Å². The van der Waals surface area contributed by atoms with Crippen molar-refractivity contribution in [2.45, 2.75) is 26.2 Å². The van der Waals surface area contributed by atoms with E-state index in [2.05, 4.69) is 10.3 Å². The van der Waals surface area contributed by atoms with Gasteiger partial charge in [-0.2, -0.15) is 0 Å². The molecular formula is C15H25N3O3. The molecule has 0 aromatic carbocycles. The van der Waals surface area contributed by atoms with E-state index in [4.69, 9.17) is 15.2 Å². The quantitative estimate of drug-likeness (QED) is 0.675. The van der Waals surface area contributed by atoms with E-state index < -0.39 is 0 Å². The predicted molar refractivity (Wildman–Crippen MR) is 82.4 cm³/mol. The van der Waals surface area contributed by atoms with Crippen LogP contribution in [-0.2, 0) is 9.47 Å². The molecule has 0 aliphatic carbocycles. The second-order valence-electron chi connectivity index (χ2n) is 5.07. The topological polar surface area (TPSA) is 86.5 Å². The standard InChI is InChI=1S/C15H25N3O3/c1-11(2)13-9-12(10-14(16)18-13)15(19)17-5-4-6-21-8-7-20-3/h9-11H,4-8H2,1-3H3,(H2,16,18)(H,17,19). The number of nitrogen functional groups attached to an aromatic ring is 1. The van der Waals surface area contributed by atoms with Crippen molar-refractivity contribution in [2.75, 3.05) is 39.2 Å². The molecule has 0 bridgehead atoms. The number of aromatic nitrogens is 1. The van der Waals surface area contributed by atoms with Gasteiger partial charge in [0.2, 0.25) is 0 Å². The highest BCUT2D eigenvalue weighted by atomic mass is 16.5. The van der Waals surface area contributed by atoms with E-state index in [1.54, 1.807) is 19.2 Å². The SMILES string of the molecule is COCCOCCCNC(=O)c1cc(N)nc(C(C)C)c1. The number of hydrogen-bond acceptors (Lipinski definition) is 5. The van der Waals surface area contributed by atoms with E-state index in [-0.39, 0.29) is 11.8 Å². The van der Waals surface area contributed by atoms with Crippen molar-refractivity contribution in [1.29, 1.82) is 0 Å². The van der Waals surface area contributed by atoms with Crippen molar-refractivity contribution in [3.05, 3.63) is 23.4 Å². The third-order valence-corrected chi connectivity index (χ3v) is 2.90. The zero-order valence-corrected chi connectivity index (χ0v) is 13.0. The Morgan fingerprint density at radius 3 is 2.76 bits per heavy atom. The molecule has 0 aliphatic heterocycles. The van der Waals surface area contributed by atoms with Gasteiger partial charge >= 0.3 is 0 Å². The largest absolute Gasteiger partial charge is 0.384 e. The van der Waals surface area contributed by atoms with Gasteiger partial charge in [0.25, 0.3) is 5.91 Å². The summed E-state index contributed by atoms with van der Waals surface area (Å²) in [5.41, 5.74) is 7.10. The number of methoxy groups -OCH3 is 1. The van der Waals surface area contributed by atoms with E-state index in [9.17, 15) is 4.79 Å². The van der Waals surface area contributed by atoms with Gasteiger partial charge in [0.1, 0.15) is 5.82 Å². The highest BCUT2D eigenvalue weighted by Gasteiger charge is 2.10. The summed E-state index contributed by atoms with van der Waals surface area (Å²) in [6, 6.07) is 3.38. The first-order valence-corrected chi connectivity index (χ1v) is 7.17. The molecule has 118 valence electrons. The average molecular weight is 295 g/mol. The zero-order valence-electron chi connectivity index (χ0n) is 13.0. The lowest BCUT2D eigenvalue weighted by molar-refractivity contribution is 0.0688. The first-order chi connectivity index (χ1) is 10.0. The van der Waals surface area contributed by atoms with Gasteiger partial charge < -0.3 is 20.5 Å². The summed E-state index contributed by atoms with van der Waals surface area (Å²) in [6.45, 7) is 6.34. The molecule has 0 saturated heterocycles. The number of nitrogens with two attached hydrogens (primary N) is 1. The Morgan fingerprint density at radius 1 is 1.33 bits per heavy atom. The van der Waals surface area contributed by atoms with Crippen LogP contribution < -0.4 is 11.1 Å². The molecule has 3 N–H and O–H groups in total. The lowest BCUT2D eigenvalue weighted by Gasteiger charge is -2.10. The third kappa shape index (κ3) is 6.55. The Morgan fingerprint density at radius 2 is 2.10 bits per heavy atom. The number of amides is 1. The second-order valence-corrected chi connectivity index (χ2v) is 5.07. The molecular weight excluding hydrogens is 270 g/mol. The van der Waals surface area contributed by atoms with Crippen LogP contribution in [-0.4, -0.2) is 44.4 Å². The lowest BCUT2D eigenvalue weighted by Crippen LogP contribution is -2.26. The van der Waals surface area contributed by atoms with Crippen LogP contribution in [0, 0.1) is 0 Å². The van der Waals surface area contributed by atoms with Crippen molar-refractivity contribution in [2.24, 2.45) is 0 Å². The number of hydrogen-bond donors (Lipinski definition) is 2. The van der Waals surface area contributed by atoms with Gasteiger partial charge in [0.05, 0.1) is 13.2 Å². The number of pyridine rings is 1. The zero-order chi connectivity index (χ0) is 15.7. The summed E-state index contributed by atoms with van der Waals surface area (Å²) in [5, 5.41) is 2.85. The maximum Gasteiger partial charge on any atom is 0.251 e. The molecule has 1 aromatic rings. The molecule has 0 fully saturated rings. The minimum atomic E-state index is -0.136. The van der Waals surface area contributed by atoms with E-state index in [1.807, 2.05) is 13.8 Å². The monoisotopic (exact) mass is 295 g/mol. The lowest BCUT2D eigenvalue weighted by atomic mass is 10.1. The van der Waals surface area contributed by atoms with Crippen molar-refractivity contribution in [1.82, 2.24) is 10.3 Å². The number of carbonyl (C=O) groups excluding carboxylic acids is 1. The fourth-order valence-corrected chi connectivity index (χ4v) is 1.72. The van der Waals surface area contributed by atoms with Crippen molar-refractivity contribution in [3.63, 3.8) is 0 Å². The Labute approximate surface area is 126 Å². The van der Waals surface area contributed by atoms with E-state index in [1.165, 1.54) is 0 Å². The summed E-state index contributed by atoms with van der Waals surface area (Å²) in [4.78, 5) is 16.3. The van der Waals surface area contributed by atoms with E-state index in [0.29, 0.717) is 37.7 Å².